The SMILES string of the molecule is O=C(c1ccc([N+](=O)[O-])cc1)[C@@H]1[C@@H]2C(=O)N(c3ccc4c(c3)OCCO4)C(=O)[C@@H]2[C@H]2c3ccccc3C=CN12. The molecule has 10 nitrogen and oxygen atoms in total. The Hall–Kier alpha value is -4.99. The minimum absolute atomic E-state index is 0.141. The maximum Gasteiger partial charge on any atom is 0.269 e. The van der Waals surface area contributed by atoms with Crippen LogP contribution in [0.1, 0.15) is 27.5 Å². The molecule has 4 aliphatic heterocycles. The molecule has 7 rings (SSSR count). The normalized spacial score (nSPS) is 24.3. The number of carbonyl (C=O) groups excluding carboxylic acids is 3. The predicted octanol–water partition coefficient (Wildman–Crippen LogP) is 3.76. The van der Waals surface area contributed by atoms with Gasteiger partial charge in [0.2, 0.25) is 11.8 Å². The molecule has 39 heavy (non-hydrogen) atoms. The second-order valence-electron chi connectivity index (χ2n) is 9.84. The molecule has 0 unspecified atom stereocenters. The van der Waals surface area contributed by atoms with Crippen molar-refractivity contribution in [2.45, 2.75) is 12.1 Å². The molecule has 3 aromatic rings. The number of ether oxygens (including phenoxy) is 2. The third-order valence-corrected chi connectivity index (χ3v) is 7.88. The van der Waals surface area contributed by atoms with Gasteiger partial charge in [-0.3, -0.25) is 24.5 Å². The van der Waals surface area contributed by atoms with Crippen molar-refractivity contribution in [3.63, 3.8) is 0 Å². The Balaban J connectivity index is 1.33. The third kappa shape index (κ3) is 3.37. The van der Waals surface area contributed by atoms with Crippen LogP contribution in [-0.2, 0) is 9.59 Å². The van der Waals surface area contributed by atoms with Gasteiger partial charge in [-0.05, 0) is 41.5 Å². The van der Waals surface area contributed by atoms with Gasteiger partial charge >= 0.3 is 0 Å². The van der Waals surface area contributed by atoms with Crippen LogP contribution in [0.2, 0.25) is 0 Å². The smallest absolute Gasteiger partial charge is 0.269 e. The molecule has 4 aliphatic rings. The molecule has 0 spiro atoms. The number of hydrogen-bond acceptors (Lipinski definition) is 8. The summed E-state index contributed by atoms with van der Waals surface area (Å²) < 4.78 is 11.3. The molecule has 3 aromatic carbocycles. The zero-order valence-corrected chi connectivity index (χ0v) is 20.4. The predicted molar refractivity (Wildman–Crippen MR) is 138 cm³/mol. The van der Waals surface area contributed by atoms with Crippen LogP contribution in [0.25, 0.3) is 6.08 Å². The van der Waals surface area contributed by atoms with E-state index in [2.05, 4.69) is 0 Å². The zero-order chi connectivity index (χ0) is 26.8. The van der Waals surface area contributed by atoms with Crippen molar-refractivity contribution < 1.29 is 28.8 Å². The van der Waals surface area contributed by atoms with Gasteiger partial charge in [0.15, 0.2) is 17.3 Å². The highest BCUT2D eigenvalue weighted by atomic mass is 16.6. The van der Waals surface area contributed by atoms with E-state index >= 15 is 0 Å². The average molecular weight is 524 g/mol. The quantitative estimate of drug-likeness (QED) is 0.219. The van der Waals surface area contributed by atoms with Gasteiger partial charge in [0.25, 0.3) is 5.69 Å². The van der Waals surface area contributed by atoms with Crippen LogP contribution in [0.15, 0.2) is 72.9 Å². The maximum atomic E-state index is 14.1. The monoisotopic (exact) mass is 523 g/mol. The number of nitro groups is 1. The van der Waals surface area contributed by atoms with Crippen LogP contribution in [-0.4, -0.2) is 46.7 Å². The molecule has 4 atom stereocenters. The summed E-state index contributed by atoms with van der Waals surface area (Å²) in [6, 6.07) is 16.4. The number of nitrogens with zero attached hydrogens (tertiary/aromatic N) is 3. The fourth-order valence-corrected chi connectivity index (χ4v) is 6.20. The number of amides is 2. The van der Waals surface area contributed by atoms with E-state index in [0.717, 1.165) is 16.0 Å². The molecule has 0 aliphatic carbocycles. The van der Waals surface area contributed by atoms with E-state index in [1.807, 2.05) is 30.3 Å². The number of carbonyl (C=O) groups is 3. The van der Waals surface area contributed by atoms with Crippen molar-refractivity contribution >= 4 is 35.0 Å². The van der Waals surface area contributed by atoms with Crippen molar-refractivity contribution in [3.8, 4) is 11.5 Å². The van der Waals surface area contributed by atoms with E-state index in [9.17, 15) is 24.5 Å². The highest BCUT2D eigenvalue weighted by Crippen LogP contribution is 2.54. The lowest BCUT2D eigenvalue weighted by Gasteiger charge is -2.35. The average Bonchev–Trinajstić information content (AvgIpc) is 3.44. The number of benzene rings is 3. The second kappa shape index (κ2) is 8.52. The third-order valence-electron chi connectivity index (χ3n) is 7.88. The number of fused-ring (bicyclic) bond motifs is 6. The van der Waals surface area contributed by atoms with Crippen LogP contribution in [0.3, 0.4) is 0 Å². The Labute approximate surface area is 222 Å². The van der Waals surface area contributed by atoms with Gasteiger partial charge in [-0.25, -0.2) is 4.90 Å². The van der Waals surface area contributed by atoms with Gasteiger partial charge in [0.05, 0.1) is 28.5 Å². The lowest BCUT2D eigenvalue weighted by atomic mass is 9.83. The van der Waals surface area contributed by atoms with E-state index in [1.54, 1.807) is 29.3 Å². The van der Waals surface area contributed by atoms with Gasteiger partial charge in [-0.1, -0.05) is 24.3 Å². The first kappa shape index (κ1) is 23.2. The Bertz CT molecular complexity index is 1600. The van der Waals surface area contributed by atoms with Crippen LogP contribution < -0.4 is 14.4 Å². The summed E-state index contributed by atoms with van der Waals surface area (Å²) in [5, 5.41) is 11.1. The van der Waals surface area contributed by atoms with Gasteiger partial charge in [0.1, 0.15) is 19.3 Å². The zero-order valence-electron chi connectivity index (χ0n) is 20.4. The summed E-state index contributed by atoms with van der Waals surface area (Å²) in [5.41, 5.74) is 2.22. The summed E-state index contributed by atoms with van der Waals surface area (Å²) in [6.45, 7) is 0.768. The van der Waals surface area contributed by atoms with Gasteiger partial charge in [0, 0.05) is 30.0 Å². The van der Waals surface area contributed by atoms with Crippen molar-refractivity contribution in [1.29, 1.82) is 0 Å². The highest BCUT2D eigenvalue weighted by molar-refractivity contribution is 6.24. The molecule has 2 saturated heterocycles. The summed E-state index contributed by atoms with van der Waals surface area (Å²) in [7, 11) is 0. The topological polar surface area (TPSA) is 119 Å². The number of imide groups is 1. The van der Waals surface area contributed by atoms with E-state index in [-0.39, 0.29) is 22.9 Å². The first-order chi connectivity index (χ1) is 18.9. The Kier molecular flexibility index (Phi) is 5.06. The second-order valence-corrected chi connectivity index (χ2v) is 9.84. The van der Waals surface area contributed by atoms with Crippen molar-refractivity contribution in [2.24, 2.45) is 11.8 Å². The fourth-order valence-electron chi connectivity index (χ4n) is 6.20. The largest absolute Gasteiger partial charge is 0.486 e. The van der Waals surface area contributed by atoms with Crippen molar-refractivity contribution in [2.75, 3.05) is 18.1 Å². The number of nitro benzene ring substituents is 1. The van der Waals surface area contributed by atoms with Gasteiger partial charge < -0.3 is 14.4 Å². The molecule has 0 saturated carbocycles. The van der Waals surface area contributed by atoms with Crippen LogP contribution in [0.5, 0.6) is 11.5 Å². The first-order valence-electron chi connectivity index (χ1n) is 12.5. The molecule has 2 fully saturated rings. The lowest BCUT2D eigenvalue weighted by Crippen LogP contribution is -2.44. The first-order valence-corrected chi connectivity index (χ1v) is 12.5. The number of rotatable bonds is 4. The number of ketones is 1. The van der Waals surface area contributed by atoms with Crippen LogP contribution in [0.4, 0.5) is 11.4 Å². The summed E-state index contributed by atoms with van der Waals surface area (Å²) >= 11 is 0. The van der Waals surface area contributed by atoms with Crippen LogP contribution >= 0.6 is 0 Å². The van der Waals surface area contributed by atoms with E-state index < -0.39 is 34.7 Å². The summed E-state index contributed by atoms with van der Waals surface area (Å²) in [5.74, 6) is -2.01. The molecule has 2 amide bonds. The molecule has 0 radical (unpaired) electrons. The number of non-ortho nitro benzene ring substituents is 1. The number of anilines is 1. The van der Waals surface area contributed by atoms with Crippen LogP contribution in [0, 0.1) is 22.0 Å². The van der Waals surface area contributed by atoms with E-state index in [1.165, 1.54) is 24.3 Å². The standard InChI is InChI=1S/C29H21N3O7/c33-27(17-5-7-18(8-6-17)32(36)37)26-24-23(25-20-4-2-1-3-16(20)11-12-30(25)26)28(34)31(29(24)35)19-9-10-21-22(15-19)39-14-13-38-21/h1-12,15,23-26H,13-14H2/t23-,24+,25+,26-/m0/s1. The molecule has 0 N–H and O–H groups in total. The Morgan fingerprint density at radius 3 is 2.38 bits per heavy atom. The number of hydrogen-bond donors (Lipinski definition) is 0. The lowest BCUT2D eigenvalue weighted by molar-refractivity contribution is -0.384. The van der Waals surface area contributed by atoms with E-state index in [0.29, 0.717) is 30.4 Å². The molecule has 0 bridgehead atoms. The molecular weight excluding hydrogens is 502 g/mol. The van der Waals surface area contributed by atoms with Gasteiger partial charge in [-0.15, -0.1) is 0 Å². The van der Waals surface area contributed by atoms with Gasteiger partial charge in [-0.2, -0.15) is 0 Å². The summed E-state index contributed by atoms with van der Waals surface area (Å²) in [4.78, 5) is 55.6. The Morgan fingerprint density at radius 2 is 1.62 bits per heavy atom. The fraction of sp³-hybridized carbons (Fsp3) is 0.207. The molecule has 10 heteroatoms. The molecular formula is C29H21N3O7. The minimum Gasteiger partial charge on any atom is -0.486 e. The maximum absolute atomic E-state index is 14.1. The van der Waals surface area contributed by atoms with E-state index in [4.69, 9.17) is 9.47 Å². The molecule has 4 heterocycles. The molecule has 194 valence electrons. The van der Waals surface area contributed by atoms with Crippen molar-refractivity contribution in [3.05, 3.63) is 99.7 Å². The Morgan fingerprint density at radius 1 is 0.897 bits per heavy atom. The highest BCUT2D eigenvalue weighted by Gasteiger charge is 2.64. The number of Topliss-reactive ketones (excluding diaryl/α,β-unsaturated/α-hetero) is 1. The minimum atomic E-state index is -0.968. The molecule has 0 aromatic heterocycles. The summed E-state index contributed by atoms with van der Waals surface area (Å²) in [6.07, 6.45) is 3.64. The van der Waals surface area contributed by atoms with Crippen molar-refractivity contribution in [1.82, 2.24) is 4.90 Å².